The first-order valence-corrected chi connectivity index (χ1v) is 6.18. The zero-order valence-corrected chi connectivity index (χ0v) is 9.63. The molecule has 0 bridgehead atoms. The molecule has 92 valence electrons. The van der Waals surface area contributed by atoms with Crippen molar-refractivity contribution in [1.82, 2.24) is 4.90 Å². The van der Waals surface area contributed by atoms with Crippen molar-refractivity contribution in [2.24, 2.45) is 0 Å². The molecular formula is C13H16F2N2. The Labute approximate surface area is 99.6 Å². The number of likely N-dealkylation sites (tertiary alicyclic amines) is 1. The summed E-state index contributed by atoms with van der Waals surface area (Å²) in [5.74, 6) is -1.03. The van der Waals surface area contributed by atoms with Gasteiger partial charge in [-0.05, 0) is 31.4 Å². The van der Waals surface area contributed by atoms with Crippen LogP contribution in [0.3, 0.4) is 0 Å². The Morgan fingerprint density at radius 2 is 2.00 bits per heavy atom. The maximum absolute atomic E-state index is 13.5. The molecule has 1 saturated heterocycles. The number of nitrogens with one attached hydrogen (secondary N) is 1. The third-order valence-corrected chi connectivity index (χ3v) is 3.57. The van der Waals surface area contributed by atoms with Crippen LogP contribution in [-0.4, -0.2) is 30.1 Å². The highest BCUT2D eigenvalue weighted by Crippen LogP contribution is 2.30. The Balaban J connectivity index is 1.63. The number of benzene rings is 1. The summed E-state index contributed by atoms with van der Waals surface area (Å²) < 4.78 is 26.2. The second-order valence-corrected chi connectivity index (χ2v) is 4.98. The van der Waals surface area contributed by atoms with Crippen LogP contribution in [0.25, 0.3) is 0 Å². The summed E-state index contributed by atoms with van der Waals surface area (Å²) in [6.07, 6.45) is 3.64. The molecule has 1 unspecified atom stereocenters. The van der Waals surface area contributed by atoms with Crippen LogP contribution in [0.4, 0.5) is 14.5 Å². The van der Waals surface area contributed by atoms with Gasteiger partial charge in [-0.1, -0.05) is 0 Å². The average molecular weight is 238 g/mol. The lowest BCUT2D eigenvalue weighted by atomic mass is 10.2. The zero-order valence-electron chi connectivity index (χ0n) is 9.63. The summed E-state index contributed by atoms with van der Waals surface area (Å²) in [7, 11) is 0. The third kappa shape index (κ3) is 2.41. The number of hydrogen-bond donors (Lipinski definition) is 1. The van der Waals surface area contributed by atoms with Crippen LogP contribution in [0, 0.1) is 11.6 Å². The zero-order chi connectivity index (χ0) is 11.8. The molecule has 1 N–H and O–H groups in total. The molecule has 2 fully saturated rings. The van der Waals surface area contributed by atoms with Crippen LogP contribution >= 0.6 is 0 Å². The van der Waals surface area contributed by atoms with Gasteiger partial charge in [-0.2, -0.15) is 0 Å². The monoisotopic (exact) mass is 238 g/mol. The van der Waals surface area contributed by atoms with E-state index in [0.29, 0.717) is 5.69 Å². The van der Waals surface area contributed by atoms with Gasteiger partial charge in [-0.3, -0.25) is 4.90 Å². The van der Waals surface area contributed by atoms with E-state index in [2.05, 4.69) is 10.2 Å². The summed E-state index contributed by atoms with van der Waals surface area (Å²) in [6, 6.07) is 4.75. The number of hydrogen-bond acceptors (Lipinski definition) is 2. The van der Waals surface area contributed by atoms with E-state index in [1.165, 1.54) is 25.0 Å². The second-order valence-electron chi connectivity index (χ2n) is 4.98. The van der Waals surface area contributed by atoms with Gasteiger partial charge in [0.05, 0.1) is 5.69 Å². The highest BCUT2D eigenvalue weighted by Gasteiger charge is 2.34. The highest BCUT2D eigenvalue weighted by atomic mass is 19.1. The van der Waals surface area contributed by atoms with Crippen molar-refractivity contribution in [3.05, 3.63) is 29.8 Å². The maximum Gasteiger partial charge on any atom is 0.149 e. The van der Waals surface area contributed by atoms with Gasteiger partial charge in [0, 0.05) is 31.2 Å². The lowest BCUT2D eigenvalue weighted by Crippen LogP contribution is -2.28. The minimum atomic E-state index is -0.529. The van der Waals surface area contributed by atoms with Crippen molar-refractivity contribution in [2.75, 3.05) is 18.4 Å². The fourth-order valence-electron chi connectivity index (χ4n) is 2.50. The molecule has 1 aliphatic carbocycles. The van der Waals surface area contributed by atoms with E-state index in [1.54, 1.807) is 0 Å². The van der Waals surface area contributed by atoms with E-state index in [1.807, 2.05) is 0 Å². The van der Waals surface area contributed by atoms with E-state index in [0.717, 1.165) is 31.6 Å². The molecule has 1 atom stereocenters. The minimum Gasteiger partial charge on any atom is -0.379 e. The SMILES string of the molecule is Fc1ccc(NC2CCN(C3CC3)C2)c(F)c1. The Hall–Kier alpha value is -1.16. The van der Waals surface area contributed by atoms with Crippen molar-refractivity contribution >= 4 is 5.69 Å². The van der Waals surface area contributed by atoms with Gasteiger partial charge in [0.1, 0.15) is 11.6 Å². The first kappa shape index (κ1) is 11.0. The Morgan fingerprint density at radius 1 is 1.18 bits per heavy atom. The standard InChI is InChI=1S/C13H16F2N2/c14-9-1-4-13(12(15)7-9)16-10-5-6-17(8-10)11-2-3-11/h1,4,7,10-11,16H,2-3,5-6,8H2. The molecule has 1 heterocycles. The van der Waals surface area contributed by atoms with Crippen LogP contribution < -0.4 is 5.32 Å². The molecule has 17 heavy (non-hydrogen) atoms. The van der Waals surface area contributed by atoms with Gasteiger partial charge in [-0.15, -0.1) is 0 Å². The molecule has 0 amide bonds. The van der Waals surface area contributed by atoms with E-state index >= 15 is 0 Å². The van der Waals surface area contributed by atoms with Gasteiger partial charge in [0.15, 0.2) is 0 Å². The summed E-state index contributed by atoms with van der Waals surface area (Å²) in [6.45, 7) is 2.06. The fourth-order valence-corrected chi connectivity index (χ4v) is 2.50. The largest absolute Gasteiger partial charge is 0.379 e. The van der Waals surface area contributed by atoms with Crippen LogP contribution in [0.5, 0.6) is 0 Å². The number of halogens is 2. The minimum absolute atomic E-state index is 0.288. The van der Waals surface area contributed by atoms with E-state index in [9.17, 15) is 8.78 Å². The predicted octanol–water partition coefficient (Wildman–Crippen LogP) is 2.61. The summed E-state index contributed by atoms with van der Waals surface area (Å²) >= 11 is 0. The quantitative estimate of drug-likeness (QED) is 0.870. The molecule has 1 saturated carbocycles. The first-order chi connectivity index (χ1) is 8.22. The van der Waals surface area contributed by atoms with E-state index in [4.69, 9.17) is 0 Å². The molecule has 3 rings (SSSR count). The Kier molecular flexibility index (Phi) is 2.74. The van der Waals surface area contributed by atoms with Crippen molar-refractivity contribution < 1.29 is 8.78 Å². The number of nitrogens with zero attached hydrogens (tertiary/aromatic N) is 1. The second kappa shape index (κ2) is 4.26. The first-order valence-electron chi connectivity index (χ1n) is 6.18. The van der Waals surface area contributed by atoms with Crippen LogP contribution in [0.1, 0.15) is 19.3 Å². The lowest BCUT2D eigenvalue weighted by molar-refractivity contribution is 0.326. The molecule has 0 radical (unpaired) electrons. The van der Waals surface area contributed by atoms with Gasteiger partial charge < -0.3 is 5.32 Å². The lowest BCUT2D eigenvalue weighted by Gasteiger charge is -2.17. The van der Waals surface area contributed by atoms with Gasteiger partial charge in [0.25, 0.3) is 0 Å². The van der Waals surface area contributed by atoms with Crippen molar-refractivity contribution in [1.29, 1.82) is 0 Å². The van der Waals surface area contributed by atoms with E-state index < -0.39 is 11.6 Å². The Bertz CT molecular complexity index is 418. The topological polar surface area (TPSA) is 15.3 Å². The highest BCUT2D eigenvalue weighted by molar-refractivity contribution is 5.45. The van der Waals surface area contributed by atoms with Gasteiger partial charge >= 0.3 is 0 Å². The van der Waals surface area contributed by atoms with Crippen LogP contribution in [0.2, 0.25) is 0 Å². The smallest absolute Gasteiger partial charge is 0.149 e. The summed E-state index contributed by atoms with van der Waals surface area (Å²) in [4.78, 5) is 2.46. The maximum atomic E-state index is 13.5. The van der Waals surface area contributed by atoms with Crippen LogP contribution in [0.15, 0.2) is 18.2 Å². The average Bonchev–Trinajstić information content (AvgIpc) is 3.04. The molecule has 0 spiro atoms. The number of anilines is 1. The number of rotatable bonds is 3. The van der Waals surface area contributed by atoms with Crippen LogP contribution in [-0.2, 0) is 0 Å². The molecular weight excluding hydrogens is 222 g/mol. The van der Waals surface area contributed by atoms with Gasteiger partial charge in [0.2, 0.25) is 0 Å². The summed E-state index contributed by atoms with van der Waals surface area (Å²) in [5.41, 5.74) is 0.411. The van der Waals surface area contributed by atoms with Crippen molar-refractivity contribution in [2.45, 2.75) is 31.3 Å². The van der Waals surface area contributed by atoms with Gasteiger partial charge in [-0.25, -0.2) is 8.78 Å². The third-order valence-electron chi connectivity index (χ3n) is 3.57. The Morgan fingerprint density at radius 3 is 2.71 bits per heavy atom. The van der Waals surface area contributed by atoms with E-state index in [-0.39, 0.29) is 6.04 Å². The predicted molar refractivity (Wildman–Crippen MR) is 63.0 cm³/mol. The van der Waals surface area contributed by atoms with Crippen molar-refractivity contribution in [3.63, 3.8) is 0 Å². The fraction of sp³-hybridized carbons (Fsp3) is 0.538. The molecule has 4 heteroatoms. The normalized spacial score (nSPS) is 25.2. The molecule has 1 aliphatic heterocycles. The molecule has 2 aliphatic rings. The van der Waals surface area contributed by atoms with Crippen molar-refractivity contribution in [3.8, 4) is 0 Å². The molecule has 1 aromatic rings. The molecule has 1 aromatic carbocycles. The molecule has 2 nitrogen and oxygen atoms in total. The summed E-state index contributed by atoms with van der Waals surface area (Å²) in [5, 5.41) is 3.17. The molecule has 0 aromatic heterocycles.